The summed E-state index contributed by atoms with van der Waals surface area (Å²) in [5.74, 6) is 0.220. The Kier molecular flexibility index (Phi) is 6.64. The fourth-order valence-electron chi connectivity index (χ4n) is 1.51. The lowest BCUT2D eigenvalue weighted by Gasteiger charge is -2.13. The normalized spacial score (nSPS) is 24.6. The number of allylic oxidation sites excluding steroid dienone is 4. The number of carbonyl (C=O) groups is 1. The molecule has 0 saturated carbocycles. The molecule has 0 saturated heterocycles. The van der Waals surface area contributed by atoms with E-state index in [9.17, 15) is 13.6 Å². The SMILES string of the molecule is C=C1/C=C(Br)\C(OCC(F)F)=C/C/C=C(/C(C)=O)NC1. The first-order valence-corrected chi connectivity index (χ1v) is 6.81. The minimum Gasteiger partial charge on any atom is -0.487 e. The third kappa shape index (κ3) is 5.69. The Morgan fingerprint density at radius 1 is 1.55 bits per heavy atom. The maximum Gasteiger partial charge on any atom is 0.272 e. The molecule has 0 aliphatic carbocycles. The largest absolute Gasteiger partial charge is 0.487 e. The number of rotatable bonds is 4. The van der Waals surface area contributed by atoms with Crippen molar-refractivity contribution >= 4 is 21.7 Å². The van der Waals surface area contributed by atoms with E-state index in [0.717, 1.165) is 0 Å². The van der Waals surface area contributed by atoms with Crippen molar-refractivity contribution in [2.24, 2.45) is 0 Å². The van der Waals surface area contributed by atoms with Gasteiger partial charge in [0.25, 0.3) is 6.43 Å². The molecule has 1 aliphatic rings. The number of nitrogens with one attached hydrogen (secondary N) is 1. The molecule has 0 unspecified atom stereocenters. The van der Waals surface area contributed by atoms with Gasteiger partial charge in [0.2, 0.25) is 0 Å². The van der Waals surface area contributed by atoms with Crippen LogP contribution in [-0.4, -0.2) is 25.4 Å². The van der Waals surface area contributed by atoms with Gasteiger partial charge in [-0.25, -0.2) is 8.78 Å². The zero-order valence-electron chi connectivity index (χ0n) is 11.1. The van der Waals surface area contributed by atoms with Gasteiger partial charge in [-0.2, -0.15) is 0 Å². The fraction of sp³-hybridized carbons (Fsp3) is 0.357. The van der Waals surface area contributed by atoms with Crippen LogP contribution in [0.25, 0.3) is 0 Å². The van der Waals surface area contributed by atoms with Gasteiger partial charge in [0, 0.05) is 13.5 Å². The number of hydrogen-bond donors (Lipinski definition) is 1. The third-order valence-electron chi connectivity index (χ3n) is 2.44. The Balaban J connectivity index is 2.96. The van der Waals surface area contributed by atoms with Crippen LogP contribution in [0.15, 0.2) is 46.3 Å². The van der Waals surface area contributed by atoms with Crippen molar-refractivity contribution in [2.75, 3.05) is 13.2 Å². The average molecular weight is 348 g/mol. The van der Waals surface area contributed by atoms with E-state index in [1.165, 1.54) is 6.92 Å². The minimum absolute atomic E-state index is 0.0927. The van der Waals surface area contributed by atoms with Gasteiger partial charge in [0.05, 0.1) is 10.2 Å². The smallest absolute Gasteiger partial charge is 0.272 e. The molecular formula is C14H16BrF2NO2. The highest BCUT2D eigenvalue weighted by Crippen LogP contribution is 2.22. The highest BCUT2D eigenvalue weighted by atomic mass is 79.9. The van der Waals surface area contributed by atoms with Crippen molar-refractivity contribution < 1.29 is 18.3 Å². The van der Waals surface area contributed by atoms with Crippen LogP contribution in [0.4, 0.5) is 8.78 Å². The summed E-state index contributed by atoms with van der Waals surface area (Å²) in [6.07, 6.45) is 2.85. The van der Waals surface area contributed by atoms with Gasteiger partial charge < -0.3 is 10.1 Å². The Bertz CT molecular complexity index is 482. The first-order chi connectivity index (χ1) is 9.40. The van der Waals surface area contributed by atoms with Gasteiger partial charge in [-0.1, -0.05) is 12.7 Å². The summed E-state index contributed by atoms with van der Waals surface area (Å²) >= 11 is 3.28. The van der Waals surface area contributed by atoms with Gasteiger partial charge in [-0.05, 0) is 40.1 Å². The number of halogens is 3. The van der Waals surface area contributed by atoms with Crippen molar-refractivity contribution in [1.29, 1.82) is 0 Å². The van der Waals surface area contributed by atoms with Crippen molar-refractivity contribution in [3.63, 3.8) is 0 Å². The predicted octanol–water partition coefficient (Wildman–Crippen LogP) is 3.45. The summed E-state index contributed by atoms with van der Waals surface area (Å²) in [7, 11) is 0. The fourth-order valence-corrected chi connectivity index (χ4v) is 2.11. The van der Waals surface area contributed by atoms with Gasteiger partial charge >= 0.3 is 0 Å². The van der Waals surface area contributed by atoms with E-state index in [0.29, 0.717) is 34.5 Å². The van der Waals surface area contributed by atoms with Crippen molar-refractivity contribution in [3.05, 3.63) is 46.3 Å². The second kappa shape index (κ2) is 7.99. The van der Waals surface area contributed by atoms with Crippen LogP contribution in [0.3, 0.4) is 0 Å². The molecule has 0 fully saturated rings. The zero-order valence-corrected chi connectivity index (χ0v) is 12.7. The molecule has 1 aliphatic heterocycles. The first-order valence-electron chi connectivity index (χ1n) is 6.01. The summed E-state index contributed by atoms with van der Waals surface area (Å²) in [5.41, 5.74) is 1.17. The summed E-state index contributed by atoms with van der Waals surface area (Å²) in [6.45, 7) is 4.99. The molecule has 110 valence electrons. The monoisotopic (exact) mass is 347 g/mol. The second-order valence-electron chi connectivity index (χ2n) is 4.18. The van der Waals surface area contributed by atoms with E-state index in [1.54, 1.807) is 18.2 Å². The summed E-state index contributed by atoms with van der Waals surface area (Å²) in [6, 6.07) is 0. The lowest BCUT2D eigenvalue weighted by Crippen LogP contribution is -2.21. The predicted molar refractivity (Wildman–Crippen MR) is 77.6 cm³/mol. The summed E-state index contributed by atoms with van der Waals surface area (Å²) < 4.78 is 30.0. The number of hydrogen-bond acceptors (Lipinski definition) is 3. The van der Waals surface area contributed by atoms with E-state index in [-0.39, 0.29) is 5.78 Å². The highest BCUT2D eigenvalue weighted by molar-refractivity contribution is 9.12. The molecule has 0 aromatic heterocycles. The highest BCUT2D eigenvalue weighted by Gasteiger charge is 2.11. The van der Waals surface area contributed by atoms with E-state index < -0.39 is 13.0 Å². The molecule has 3 nitrogen and oxygen atoms in total. The topological polar surface area (TPSA) is 38.3 Å². The number of carbonyl (C=O) groups excluding carboxylic acids is 1. The molecule has 20 heavy (non-hydrogen) atoms. The van der Waals surface area contributed by atoms with E-state index in [1.807, 2.05) is 0 Å². The lowest BCUT2D eigenvalue weighted by molar-refractivity contribution is -0.113. The van der Waals surface area contributed by atoms with Crippen molar-refractivity contribution in [1.82, 2.24) is 5.32 Å². The minimum atomic E-state index is -2.54. The molecule has 1 N–H and O–H groups in total. The number of ether oxygens (including phenoxy) is 1. The summed E-state index contributed by atoms with van der Waals surface area (Å²) in [5, 5.41) is 2.98. The Hall–Kier alpha value is -1.43. The first kappa shape index (κ1) is 16.6. The third-order valence-corrected chi connectivity index (χ3v) is 3.06. The molecule has 0 aromatic rings. The molecular weight excluding hydrogens is 332 g/mol. The van der Waals surface area contributed by atoms with E-state index in [4.69, 9.17) is 4.74 Å². The van der Waals surface area contributed by atoms with Crippen LogP contribution in [0, 0.1) is 0 Å². The van der Waals surface area contributed by atoms with Crippen molar-refractivity contribution in [2.45, 2.75) is 19.8 Å². The molecule has 0 bridgehead atoms. The maximum atomic E-state index is 12.2. The molecule has 0 aromatic carbocycles. The van der Waals surface area contributed by atoms with E-state index in [2.05, 4.69) is 27.8 Å². The molecule has 6 heteroatoms. The Morgan fingerprint density at radius 3 is 2.85 bits per heavy atom. The molecule has 0 spiro atoms. The Morgan fingerprint density at radius 2 is 2.25 bits per heavy atom. The number of alkyl halides is 2. The maximum absolute atomic E-state index is 12.2. The second-order valence-corrected chi connectivity index (χ2v) is 5.04. The molecule has 0 atom stereocenters. The molecule has 0 amide bonds. The van der Waals surface area contributed by atoms with Crippen LogP contribution in [0.2, 0.25) is 0 Å². The van der Waals surface area contributed by atoms with Crippen LogP contribution >= 0.6 is 15.9 Å². The molecule has 1 rings (SSSR count). The van der Waals surface area contributed by atoms with Gasteiger partial charge in [-0.3, -0.25) is 4.79 Å². The zero-order chi connectivity index (χ0) is 15.1. The van der Waals surface area contributed by atoms with Crippen LogP contribution < -0.4 is 5.32 Å². The molecule has 0 radical (unpaired) electrons. The van der Waals surface area contributed by atoms with Gasteiger partial charge in [-0.15, -0.1) is 0 Å². The van der Waals surface area contributed by atoms with Crippen LogP contribution in [-0.2, 0) is 9.53 Å². The van der Waals surface area contributed by atoms with Crippen LogP contribution in [0.1, 0.15) is 13.3 Å². The number of Topliss-reactive ketones (excluding diaryl/α,β-unsaturated/α-hetero) is 1. The molecule has 1 heterocycles. The van der Waals surface area contributed by atoms with E-state index >= 15 is 0 Å². The Labute approximate surface area is 125 Å². The van der Waals surface area contributed by atoms with Crippen LogP contribution in [0.5, 0.6) is 0 Å². The van der Waals surface area contributed by atoms with Gasteiger partial charge in [0.1, 0.15) is 12.4 Å². The quantitative estimate of drug-likeness (QED) is 0.846. The van der Waals surface area contributed by atoms with Gasteiger partial charge in [0.15, 0.2) is 5.78 Å². The summed E-state index contributed by atoms with van der Waals surface area (Å²) in [4.78, 5) is 11.4. The lowest BCUT2D eigenvalue weighted by atomic mass is 10.2. The standard InChI is InChI=1S/C14H16BrF2NO2/c1-9-6-11(15)13(20-8-14(16)17)5-3-4-12(10(2)19)18-7-9/h4-6,14,18H,1,3,7-8H2,2H3/b11-6+,12-4-,13-5+. The number of ketones is 1. The average Bonchev–Trinajstić information content (AvgIpc) is 2.35. The van der Waals surface area contributed by atoms with Crippen molar-refractivity contribution in [3.8, 4) is 0 Å².